The molecule has 1 aromatic carbocycles. The van der Waals surface area contributed by atoms with Crippen LogP contribution in [0, 0.1) is 13.8 Å². The first kappa shape index (κ1) is 13.3. The summed E-state index contributed by atoms with van der Waals surface area (Å²) in [7, 11) is 2.06. The Hall–Kier alpha value is -1.13. The van der Waals surface area contributed by atoms with Crippen molar-refractivity contribution in [3.8, 4) is 11.3 Å². The van der Waals surface area contributed by atoms with Gasteiger partial charge in [-0.15, -0.1) is 0 Å². The van der Waals surface area contributed by atoms with Crippen LogP contribution in [0.1, 0.15) is 17.1 Å². The maximum absolute atomic E-state index is 5.62. The summed E-state index contributed by atoms with van der Waals surface area (Å²) in [5.41, 5.74) is 10.3. The lowest BCUT2D eigenvalue weighted by molar-refractivity contribution is 0.781. The van der Waals surface area contributed by atoms with Crippen LogP contribution in [0.3, 0.4) is 0 Å². The third-order valence-corrected chi connectivity index (χ3v) is 3.68. The molecule has 96 valence electrons. The third kappa shape index (κ3) is 2.35. The lowest BCUT2D eigenvalue weighted by atomic mass is 10.0. The highest BCUT2D eigenvalue weighted by atomic mass is 79.9. The van der Waals surface area contributed by atoms with Crippen molar-refractivity contribution in [1.29, 1.82) is 0 Å². The van der Waals surface area contributed by atoms with E-state index in [1.807, 2.05) is 0 Å². The number of halogens is 1. The molecule has 18 heavy (non-hydrogen) atoms. The molecule has 0 bridgehead atoms. The van der Waals surface area contributed by atoms with Crippen molar-refractivity contribution >= 4 is 15.9 Å². The highest BCUT2D eigenvalue weighted by Crippen LogP contribution is 2.29. The van der Waals surface area contributed by atoms with Crippen LogP contribution in [0.25, 0.3) is 11.3 Å². The molecule has 0 amide bonds. The monoisotopic (exact) mass is 307 g/mol. The van der Waals surface area contributed by atoms with Gasteiger partial charge in [0, 0.05) is 23.5 Å². The molecular weight excluding hydrogens is 290 g/mol. The van der Waals surface area contributed by atoms with Crippen LogP contribution in [0.15, 0.2) is 22.7 Å². The Bertz CT molecular complexity index is 573. The first-order valence-corrected chi connectivity index (χ1v) is 6.82. The van der Waals surface area contributed by atoms with E-state index in [9.17, 15) is 0 Å². The van der Waals surface area contributed by atoms with Crippen LogP contribution >= 0.6 is 15.9 Å². The second kappa shape index (κ2) is 5.24. The average Bonchev–Trinajstić information content (AvgIpc) is 2.59. The number of aromatic nitrogens is 2. The number of hydrogen-bond donors (Lipinski definition) is 1. The van der Waals surface area contributed by atoms with Gasteiger partial charge in [-0.25, -0.2) is 4.98 Å². The Labute approximate surface area is 116 Å². The molecule has 0 aliphatic rings. The average molecular weight is 308 g/mol. The van der Waals surface area contributed by atoms with Crippen molar-refractivity contribution < 1.29 is 0 Å². The van der Waals surface area contributed by atoms with Crippen LogP contribution in [0.2, 0.25) is 0 Å². The maximum Gasteiger partial charge on any atom is 0.110 e. The number of hydrogen-bond acceptors (Lipinski definition) is 2. The number of nitrogens with zero attached hydrogens (tertiary/aromatic N) is 2. The van der Waals surface area contributed by atoms with Crippen molar-refractivity contribution in [2.24, 2.45) is 12.8 Å². The molecule has 3 nitrogen and oxygen atoms in total. The van der Waals surface area contributed by atoms with Crippen molar-refractivity contribution in [3.63, 3.8) is 0 Å². The third-order valence-electron chi connectivity index (χ3n) is 3.18. The Balaban J connectivity index is 2.60. The second-order valence-corrected chi connectivity index (χ2v) is 5.43. The molecule has 2 N–H and O–H groups in total. The van der Waals surface area contributed by atoms with Gasteiger partial charge in [0.2, 0.25) is 0 Å². The molecule has 4 heteroatoms. The van der Waals surface area contributed by atoms with Crippen molar-refractivity contribution in [1.82, 2.24) is 9.55 Å². The van der Waals surface area contributed by atoms with Crippen molar-refractivity contribution in [2.45, 2.75) is 20.3 Å². The predicted molar refractivity (Wildman–Crippen MR) is 78.6 cm³/mol. The highest BCUT2D eigenvalue weighted by Gasteiger charge is 2.14. The summed E-state index contributed by atoms with van der Waals surface area (Å²) in [6, 6.07) is 6.32. The number of nitrogens with two attached hydrogens (primary N) is 1. The molecule has 0 aliphatic carbocycles. The topological polar surface area (TPSA) is 43.8 Å². The largest absolute Gasteiger partial charge is 0.331 e. The summed E-state index contributed by atoms with van der Waals surface area (Å²) >= 11 is 3.53. The van der Waals surface area contributed by atoms with E-state index in [-0.39, 0.29) is 0 Å². The molecule has 0 saturated carbocycles. The van der Waals surface area contributed by atoms with Gasteiger partial charge in [-0.2, -0.15) is 0 Å². The number of rotatable bonds is 3. The first-order chi connectivity index (χ1) is 8.54. The Kier molecular flexibility index (Phi) is 3.88. The molecule has 2 rings (SSSR count). The Morgan fingerprint density at radius 2 is 2.06 bits per heavy atom. The van der Waals surface area contributed by atoms with Gasteiger partial charge in [0.25, 0.3) is 0 Å². The van der Waals surface area contributed by atoms with E-state index in [1.54, 1.807) is 0 Å². The zero-order valence-electron chi connectivity index (χ0n) is 11.0. The second-order valence-electron chi connectivity index (χ2n) is 4.52. The summed E-state index contributed by atoms with van der Waals surface area (Å²) in [6.45, 7) is 4.80. The fourth-order valence-corrected chi connectivity index (χ4v) is 2.63. The minimum Gasteiger partial charge on any atom is -0.331 e. The molecular formula is C14H18BrN3. The van der Waals surface area contributed by atoms with E-state index >= 15 is 0 Å². The van der Waals surface area contributed by atoms with E-state index < -0.39 is 0 Å². The van der Waals surface area contributed by atoms with E-state index in [1.165, 1.54) is 16.8 Å². The fraction of sp³-hybridized carbons (Fsp3) is 0.357. The van der Waals surface area contributed by atoms with E-state index in [2.05, 4.69) is 64.6 Å². The highest BCUT2D eigenvalue weighted by molar-refractivity contribution is 9.10. The predicted octanol–water partition coefficient (Wildman–Crippen LogP) is 2.97. The molecule has 0 spiro atoms. The van der Waals surface area contributed by atoms with E-state index in [0.29, 0.717) is 6.54 Å². The normalized spacial score (nSPS) is 10.9. The van der Waals surface area contributed by atoms with Gasteiger partial charge in [-0.1, -0.05) is 22.0 Å². The van der Waals surface area contributed by atoms with Crippen LogP contribution in [-0.2, 0) is 13.5 Å². The van der Waals surface area contributed by atoms with E-state index in [4.69, 9.17) is 5.73 Å². The maximum atomic E-state index is 5.62. The van der Waals surface area contributed by atoms with Crippen LogP contribution in [0.4, 0.5) is 0 Å². The molecule has 0 saturated heterocycles. The van der Waals surface area contributed by atoms with E-state index in [0.717, 1.165) is 22.4 Å². The summed E-state index contributed by atoms with van der Waals surface area (Å²) in [6.07, 6.45) is 0.810. The molecule has 0 aliphatic heterocycles. The van der Waals surface area contributed by atoms with Gasteiger partial charge < -0.3 is 10.3 Å². The molecule has 1 aromatic heterocycles. The van der Waals surface area contributed by atoms with Crippen LogP contribution in [0.5, 0.6) is 0 Å². The minimum absolute atomic E-state index is 0.626. The lowest BCUT2D eigenvalue weighted by Gasteiger charge is -2.10. The molecule has 1 heterocycles. The number of benzene rings is 1. The quantitative estimate of drug-likeness (QED) is 0.947. The first-order valence-electron chi connectivity index (χ1n) is 6.03. The van der Waals surface area contributed by atoms with Crippen molar-refractivity contribution in [3.05, 3.63) is 39.8 Å². The molecule has 0 fully saturated rings. The summed E-state index contributed by atoms with van der Waals surface area (Å²) in [4.78, 5) is 4.61. The standard InChI is InChI=1S/C14H18BrN3/c1-9-4-5-11(15)8-12(9)14-10(2)17-13(6-7-16)18(14)3/h4-5,8H,6-7,16H2,1-3H3. The smallest absolute Gasteiger partial charge is 0.110 e. The van der Waals surface area contributed by atoms with Gasteiger partial charge in [0.1, 0.15) is 5.82 Å². The van der Waals surface area contributed by atoms with Gasteiger partial charge in [0.05, 0.1) is 11.4 Å². The van der Waals surface area contributed by atoms with Crippen LogP contribution < -0.4 is 5.73 Å². The van der Waals surface area contributed by atoms with Gasteiger partial charge in [-0.05, 0) is 38.1 Å². The zero-order valence-corrected chi connectivity index (χ0v) is 12.6. The SMILES string of the molecule is Cc1ccc(Br)cc1-c1c(C)nc(CCN)n1C. The van der Waals surface area contributed by atoms with Crippen molar-refractivity contribution in [2.75, 3.05) is 6.54 Å². The minimum atomic E-state index is 0.626. The molecule has 0 atom stereocenters. The Morgan fingerprint density at radius 1 is 1.33 bits per heavy atom. The molecule has 2 aromatic rings. The number of aryl methyl sites for hydroxylation is 2. The van der Waals surface area contributed by atoms with Gasteiger partial charge in [0.15, 0.2) is 0 Å². The summed E-state index contributed by atoms with van der Waals surface area (Å²) < 4.78 is 3.24. The summed E-state index contributed by atoms with van der Waals surface area (Å²) in [5, 5.41) is 0. The van der Waals surface area contributed by atoms with Crippen LogP contribution in [-0.4, -0.2) is 16.1 Å². The summed E-state index contributed by atoms with van der Waals surface area (Å²) in [5.74, 6) is 1.05. The number of imidazole rings is 1. The van der Waals surface area contributed by atoms with Gasteiger partial charge in [-0.3, -0.25) is 0 Å². The lowest BCUT2D eigenvalue weighted by Crippen LogP contribution is -2.08. The fourth-order valence-electron chi connectivity index (χ4n) is 2.27. The zero-order chi connectivity index (χ0) is 13.3. The molecule has 0 radical (unpaired) electrons. The molecule has 0 unspecified atom stereocenters. The Morgan fingerprint density at radius 3 is 2.72 bits per heavy atom. The van der Waals surface area contributed by atoms with Gasteiger partial charge >= 0.3 is 0 Å².